The van der Waals surface area contributed by atoms with Gasteiger partial charge in [0.05, 0.1) is 15.1 Å². The number of primary amides is 1. The molecule has 1 amide bonds. The first-order valence-electron chi connectivity index (χ1n) is 5.72. The molecule has 1 saturated heterocycles. The topological polar surface area (TPSA) is 75.3 Å². The molecule has 1 aromatic carbocycles. The van der Waals surface area contributed by atoms with Crippen molar-refractivity contribution in [2.24, 2.45) is 5.73 Å². The van der Waals surface area contributed by atoms with Gasteiger partial charge in [-0.3, -0.25) is 4.79 Å². The summed E-state index contributed by atoms with van der Waals surface area (Å²) in [4.78, 5) is 8.58. The summed E-state index contributed by atoms with van der Waals surface area (Å²) in [5, 5.41) is 13.0. The molecule has 0 radical (unpaired) electrons. The molecule has 1 fully saturated rings. The quantitative estimate of drug-likeness (QED) is 0.506. The number of phenolic OH excluding ortho intramolecular Hbond substituents is 1. The average Bonchev–Trinajstić information content (AvgIpc) is 2.39. The van der Waals surface area contributed by atoms with Crippen molar-refractivity contribution < 1.29 is 9.90 Å². The van der Waals surface area contributed by atoms with Gasteiger partial charge in [-0.05, 0) is 25.9 Å². The Labute approximate surface area is 127 Å². The molecule has 1 heterocycles. The van der Waals surface area contributed by atoms with Crippen LogP contribution in [0.2, 0.25) is 15.1 Å². The molecule has 0 atom stereocenters. The number of phenols is 1. The van der Waals surface area contributed by atoms with E-state index in [0.717, 1.165) is 0 Å². The van der Waals surface area contributed by atoms with E-state index in [0.29, 0.717) is 0 Å². The number of carbonyl (C=O) groups is 1. The Balaban J connectivity index is 0.000000306. The van der Waals surface area contributed by atoms with Gasteiger partial charge in [-0.15, -0.1) is 0 Å². The lowest BCUT2D eigenvalue weighted by molar-refractivity contribution is -0.106. The predicted molar refractivity (Wildman–Crippen MR) is 80.1 cm³/mol. The van der Waals surface area contributed by atoms with E-state index in [1.165, 1.54) is 44.5 Å². The number of carbonyl (C=O) groups excluding carboxylic acids is 1. The summed E-state index contributed by atoms with van der Waals surface area (Å²) in [5.41, 5.74) is 4.17. The first kappa shape index (κ1) is 18.3. The van der Waals surface area contributed by atoms with E-state index in [4.69, 9.17) is 44.7 Å². The van der Waals surface area contributed by atoms with Crippen molar-refractivity contribution in [1.29, 1.82) is 0 Å². The van der Waals surface area contributed by atoms with E-state index in [1.807, 2.05) is 0 Å². The van der Waals surface area contributed by atoms with Crippen molar-refractivity contribution in [2.45, 2.75) is 19.3 Å². The summed E-state index contributed by atoms with van der Waals surface area (Å²) in [6, 6.07) is 2.66. The second kappa shape index (κ2) is 11.2. The molecule has 4 nitrogen and oxygen atoms in total. The number of nitrogens with two attached hydrogens (primary N) is 1. The molecule has 0 bridgehead atoms. The molecule has 1 aromatic rings. The normalized spacial score (nSPS) is 13.4. The molecule has 2 rings (SSSR count). The van der Waals surface area contributed by atoms with Crippen LogP contribution in [0.5, 0.6) is 5.75 Å². The SMILES string of the molecule is C1CCNCC1.NC=O.Oc1cc(Cl)c(Cl)c(Cl)c1. The fourth-order valence-corrected chi connectivity index (χ4v) is 1.93. The number of hydrogen-bond donors (Lipinski definition) is 3. The smallest absolute Gasteiger partial charge is 0.204 e. The lowest BCUT2D eigenvalue weighted by Gasteiger charge is -2.08. The summed E-state index contributed by atoms with van der Waals surface area (Å²) < 4.78 is 0. The number of amides is 1. The molecule has 1 aliphatic rings. The Morgan fingerprint density at radius 1 is 1.11 bits per heavy atom. The van der Waals surface area contributed by atoms with Crippen molar-refractivity contribution in [2.75, 3.05) is 13.1 Å². The van der Waals surface area contributed by atoms with Crippen LogP contribution < -0.4 is 11.1 Å². The van der Waals surface area contributed by atoms with Gasteiger partial charge >= 0.3 is 0 Å². The first-order valence-corrected chi connectivity index (χ1v) is 6.86. The van der Waals surface area contributed by atoms with E-state index in [2.05, 4.69) is 11.1 Å². The summed E-state index contributed by atoms with van der Waals surface area (Å²) in [5.74, 6) is 0.0133. The van der Waals surface area contributed by atoms with Gasteiger partial charge in [-0.1, -0.05) is 41.2 Å². The summed E-state index contributed by atoms with van der Waals surface area (Å²) in [6.45, 7) is 2.50. The Hall–Kier alpha value is -0.680. The zero-order valence-electron chi connectivity index (χ0n) is 10.3. The summed E-state index contributed by atoms with van der Waals surface area (Å²) >= 11 is 16.7. The highest BCUT2D eigenvalue weighted by Gasteiger charge is 2.03. The second-order valence-electron chi connectivity index (χ2n) is 3.67. The molecule has 0 aromatic heterocycles. The molecule has 108 valence electrons. The van der Waals surface area contributed by atoms with Crippen molar-refractivity contribution in [1.82, 2.24) is 5.32 Å². The lowest BCUT2D eigenvalue weighted by atomic mass is 10.2. The molecule has 0 saturated carbocycles. The maximum Gasteiger partial charge on any atom is 0.204 e. The molecule has 4 N–H and O–H groups in total. The lowest BCUT2D eigenvalue weighted by Crippen LogP contribution is -2.21. The third kappa shape index (κ3) is 8.94. The number of piperidine rings is 1. The van der Waals surface area contributed by atoms with E-state index < -0.39 is 0 Å². The van der Waals surface area contributed by atoms with Crippen LogP contribution in [0.3, 0.4) is 0 Å². The van der Waals surface area contributed by atoms with Gasteiger partial charge in [0.15, 0.2) is 0 Å². The molecule has 19 heavy (non-hydrogen) atoms. The fraction of sp³-hybridized carbons (Fsp3) is 0.417. The van der Waals surface area contributed by atoms with Crippen molar-refractivity contribution in [3.63, 3.8) is 0 Å². The minimum Gasteiger partial charge on any atom is -0.508 e. The van der Waals surface area contributed by atoms with Crippen molar-refractivity contribution in [3.8, 4) is 5.75 Å². The van der Waals surface area contributed by atoms with E-state index >= 15 is 0 Å². The van der Waals surface area contributed by atoms with Gasteiger partial charge in [0, 0.05) is 12.1 Å². The van der Waals surface area contributed by atoms with Crippen LogP contribution in [0.1, 0.15) is 19.3 Å². The number of rotatable bonds is 0. The molecule has 0 aliphatic carbocycles. The highest BCUT2D eigenvalue weighted by atomic mass is 35.5. The second-order valence-corrected chi connectivity index (χ2v) is 4.86. The number of nitrogens with one attached hydrogen (secondary N) is 1. The molecular weight excluding hydrogens is 311 g/mol. The largest absolute Gasteiger partial charge is 0.508 e. The monoisotopic (exact) mass is 326 g/mol. The predicted octanol–water partition coefficient (Wildman–Crippen LogP) is 3.21. The molecule has 0 spiro atoms. The van der Waals surface area contributed by atoms with Crippen LogP contribution >= 0.6 is 34.8 Å². The standard InChI is InChI=1S/C6H3Cl3O.C5H11N.CH3NO/c7-4-1-3(10)2-5(8)6(4)9;1-2-4-6-5-3-1;2-1-3/h1-2,10H;6H,1-5H2;1H,(H2,2,3). The maximum atomic E-state index is 8.89. The highest BCUT2D eigenvalue weighted by molar-refractivity contribution is 6.48. The van der Waals surface area contributed by atoms with E-state index in [9.17, 15) is 0 Å². The van der Waals surface area contributed by atoms with Gasteiger partial charge in [0.25, 0.3) is 0 Å². The van der Waals surface area contributed by atoms with Crippen LogP contribution in [-0.4, -0.2) is 24.6 Å². The van der Waals surface area contributed by atoms with Gasteiger partial charge in [-0.2, -0.15) is 0 Å². The Bertz CT molecular complexity index is 351. The van der Waals surface area contributed by atoms with Crippen molar-refractivity contribution in [3.05, 3.63) is 27.2 Å². The molecule has 1 aliphatic heterocycles. The Kier molecular flexibility index (Phi) is 10.8. The molecule has 7 heteroatoms. The number of halogens is 3. The number of aromatic hydroxyl groups is 1. The van der Waals surface area contributed by atoms with Crippen LogP contribution in [0.25, 0.3) is 0 Å². The zero-order valence-corrected chi connectivity index (χ0v) is 12.6. The zero-order chi connectivity index (χ0) is 14.7. The molecule has 0 unspecified atom stereocenters. The van der Waals surface area contributed by atoms with Gasteiger partial charge < -0.3 is 16.2 Å². The van der Waals surface area contributed by atoms with Gasteiger partial charge in [0.2, 0.25) is 6.41 Å². The first-order chi connectivity index (χ1) is 9.02. The van der Waals surface area contributed by atoms with Crippen LogP contribution in [0.15, 0.2) is 12.1 Å². The van der Waals surface area contributed by atoms with E-state index in [-0.39, 0.29) is 27.2 Å². The third-order valence-corrected chi connectivity index (χ3v) is 3.37. The maximum absolute atomic E-state index is 8.89. The fourth-order valence-electron chi connectivity index (χ4n) is 1.34. The van der Waals surface area contributed by atoms with E-state index in [1.54, 1.807) is 0 Å². The van der Waals surface area contributed by atoms with Crippen molar-refractivity contribution >= 4 is 41.2 Å². The highest BCUT2D eigenvalue weighted by Crippen LogP contribution is 2.33. The Morgan fingerprint density at radius 2 is 1.53 bits per heavy atom. The van der Waals surface area contributed by atoms with Crippen LogP contribution in [-0.2, 0) is 4.79 Å². The van der Waals surface area contributed by atoms with Crippen LogP contribution in [0.4, 0.5) is 0 Å². The van der Waals surface area contributed by atoms with Gasteiger partial charge in [0.1, 0.15) is 5.75 Å². The minimum absolute atomic E-state index is 0.0133. The van der Waals surface area contributed by atoms with Gasteiger partial charge in [-0.25, -0.2) is 0 Å². The average molecular weight is 328 g/mol. The number of hydrogen-bond acceptors (Lipinski definition) is 3. The summed E-state index contributed by atoms with van der Waals surface area (Å²) in [7, 11) is 0. The Morgan fingerprint density at radius 3 is 1.79 bits per heavy atom. The number of benzene rings is 1. The summed E-state index contributed by atoms with van der Waals surface area (Å²) in [6.07, 6.45) is 4.47. The van der Waals surface area contributed by atoms with Crippen LogP contribution in [0, 0.1) is 0 Å². The minimum atomic E-state index is 0.0133. The molecular formula is C12H17Cl3N2O2. The third-order valence-electron chi connectivity index (χ3n) is 2.18.